The average Bonchev–Trinajstić information content (AvgIpc) is 2.00. The molecule has 0 fully saturated rings. The Kier molecular flexibility index (Phi) is 4.96. The number of aliphatic carboxylic acids is 1. The summed E-state index contributed by atoms with van der Waals surface area (Å²) >= 11 is 0. The van der Waals surface area contributed by atoms with Gasteiger partial charge in [-0.3, -0.25) is 4.79 Å². The SMILES string of the molecule is CC(=CCC(=O)CCO)C(=O)O. The summed E-state index contributed by atoms with van der Waals surface area (Å²) in [5, 5.41) is 16.7. The minimum Gasteiger partial charge on any atom is -0.478 e. The number of aliphatic hydroxyl groups excluding tert-OH is 1. The second kappa shape index (κ2) is 5.49. The Bertz CT molecular complexity index is 205. The van der Waals surface area contributed by atoms with E-state index in [4.69, 9.17) is 10.2 Å². The van der Waals surface area contributed by atoms with Crippen molar-refractivity contribution in [1.29, 1.82) is 0 Å². The zero-order valence-corrected chi connectivity index (χ0v) is 6.91. The first-order valence-electron chi connectivity index (χ1n) is 3.60. The molecule has 12 heavy (non-hydrogen) atoms. The molecule has 0 aliphatic carbocycles. The number of carbonyl (C=O) groups excluding carboxylic acids is 1. The highest BCUT2D eigenvalue weighted by Gasteiger charge is 2.01. The first-order valence-corrected chi connectivity index (χ1v) is 3.60. The third-order valence-electron chi connectivity index (χ3n) is 1.36. The average molecular weight is 172 g/mol. The molecule has 0 atom stereocenters. The highest BCUT2D eigenvalue weighted by molar-refractivity contribution is 5.87. The van der Waals surface area contributed by atoms with Crippen molar-refractivity contribution in [3.8, 4) is 0 Å². The van der Waals surface area contributed by atoms with Crippen LogP contribution in [0.2, 0.25) is 0 Å². The number of carboxylic acids is 1. The fourth-order valence-electron chi connectivity index (χ4n) is 0.581. The molecule has 0 unspecified atom stereocenters. The fourth-order valence-corrected chi connectivity index (χ4v) is 0.581. The van der Waals surface area contributed by atoms with Gasteiger partial charge >= 0.3 is 5.97 Å². The number of hydrogen-bond acceptors (Lipinski definition) is 3. The van der Waals surface area contributed by atoms with E-state index in [-0.39, 0.29) is 30.8 Å². The van der Waals surface area contributed by atoms with E-state index in [2.05, 4.69) is 0 Å². The Morgan fingerprint density at radius 2 is 2.00 bits per heavy atom. The van der Waals surface area contributed by atoms with Gasteiger partial charge in [0.15, 0.2) is 0 Å². The summed E-state index contributed by atoms with van der Waals surface area (Å²) in [6.45, 7) is 1.24. The summed E-state index contributed by atoms with van der Waals surface area (Å²) in [4.78, 5) is 21.0. The van der Waals surface area contributed by atoms with Gasteiger partial charge < -0.3 is 10.2 Å². The van der Waals surface area contributed by atoms with Gasteiger partial charge in [-0.25, -0.2) is 4.79 Å². The lowest BCUT2D eigenvalue weighted by atomic mass is 10.1. The maximum Gasteiger partial charge on any atom is 0.330 e. The molecule has 0 aliphatic rings. The predicted octanol–water partition coefficient (Wildman–Crippen LogP) is 0.359. The summed E-state index contributed by atoms with van der Waals surface area (Å²) in [5.41, 5.74) is 0.154. The van der Waals surface area contributed by atoms with Gasteiger partial charge in [0.05, 0.1) is 0 Å². The largest absolute Gasteiger partial charge is 0.478 e. The first-order chi connectivity index (χ1) is 5.57. The number of Topliss-reactive ketones (excluding diaryl/α,β-unsaturated/α-hetero) is 1. The van der Waals surface area contributed by atoms with Crippen LogP contribution >= 0.6 is 0 Å². The molecular weight excluding hydrogens is 160 g/mol. The topological polar surface area (TPSA) is 74.6 Å². The van der Waals surface area contributed by atoms with E-state index < -0.39 is 5.97 Å². The minimum absolute atomic E-state index is 0.0820. The van der Waals surface area contributed by atoms with Crippen molar-refractivity contribution in [2.75, 3.05) is 6.61 Å². The number of carbonyl (C=O) groups is 2. The Morgan fingerprint density at radius 1 is 1.42 bits per heavy atom. The molecule has 0 saturated carbocycles. The molecule has 0 rings (SSSR count). The Labute approximate surface area is 70.5 Å². The van der Waals surface area contributed by atoms with Crippen molar-refractivity contribution < 1.29 is 19.8 Å². The van der Waals surface area contributed by atoms with Crippen LogP contribution < -0.4 is 0 Å². The smallest absolute Gasteiger partial charge is 0.330 e. The third kappa shape index (κ3) is 4.62. The van der Waals surface area contributed by atoms with Gasteiger partial charge in [-0.05, 0) is 6.92 Å². The molecule has 0 saturated heterocycles. The Balaban J connectivity index is 3.87. The van der Waals surface area contributed by atoms with Crippen LogP contribution in [0.15, 0.2) is 11.6 Å². The van der Waals surface area contributed by atoms with Gasteiger partial charge in [-0.2, -0.15) is 0 Å². The summed E-state index contributed by atoms with van der Waals surface area (Å²) in [5.74, 6) is -1.18. The van der Waals surface area contributed by atoms with Gasteiger partial charge in [0.25, 0.3) is 0 Å². The van der Waals surface area contributed by atoms with Gasteiger partial charge in [0.2, 0.25) is 0 Å². The molecule has 4 heteroatoms. The lowest BCUT2D eigenvalue weighted by Crippen LogP contribution is -2.01. The van der Waals surface area contributed by atoms with Crippen molar-refractivity contribution >= 4 is 11.8 Å². The Hall–Kier alpha value is -1.16. The Morgan fingerprint density at radius 3 is 2.42 bits per heavy atom. The van der Waals surface area contributed by atoms with Gasteiger partial charge in [0.1, 0.15) is 5.78 Å². The molecule has 0 radical (unpaired) electrons. The van der Waals surface area contributed by atoms with E-state index >= 15 is 0 Å². The number of ketones is 1. The van der Waals surface area contributed by atoms with Crippen LogP contribution in [-0.4, -0.2) is 28.6 Å². The normalized spacial score (nSPS) is 11.3. The summed E-state index contributed by atoms with van der Waals surface area (Å²) in [6, 6.07) is 0. The number of aliphatic hydroxyl groups is 1. The highest BCUT2D eigenvalue weighted by atomic mass is 16.4. The van der Waals surface area contributed by atoms with E-state index in [1.807, 2.05) is 0 Å². The maximum atomic E-state index is 10.8. The van der Waals surface area contributed by atoms with Crippen LogP contribution in [0.3, 0.4) is 0 Å². The van der Waals surface area contributed by atoms with Crippen LogP contribution in [0.5, 0.6) is 0 Å². The van der Waals surface area contributed by atoms with Crippen molar-refractivity contribution in [2.24, 2.45) is 0 Å². The van der Waals surface area contributed by atoms with E-state index in [0.717, 1.165) is 0 Å². The molecule has 2 N–H and O–H groups in total. The summed E-state index contributed by atoms with van der Waals surface area (Å²) in [6.07, 6.45) is 1.52. The van der Waals surface area contributed by atoms with E-state index in [1.54, 1.807) is 0 Å². The lowest BCUT2D eigenvalue weighted by molar-refractivity contribution is -0.132. The molecular formula is C8H12O4. The van der Waals surface area contributed by atoms with Crippen LogP contribution in [0.1, 0.15) is 19.8 Å². The molecule has 68 valence electrons. The standard InChI is InChI=1S/C8H12O4/c1-6(8(11)12)2-3-7(10)4-5-9/h2,9H,3-5H2,1H3,(H,11,12). The number of hydrogen-bond donors (Lipinski definition) is 2. The van der Waals surface area contributed by atoms with Crippen LogP contribution in [0.25, 0.3) is 0 Å². The second-order valence-electron chi connectivity index (χ2n) is 2.41. The van der Waals surface area contributed by atoms with Crippen LogP contribution in [-0.2, 0) is 9.59 Å². The van der Waals surface area contributed by atoms with E-state index in [9.17, 15) is 9.59 Å². The molecule has 4 nitrogen and oxygen atoms in total. The summed E-state index contributed by atoms with van der Waals surface area (Å²) in [7, 11) is 0. The third-order valence-corrected chi connectivity index (χ3v) is 1.36. The van der Waals surface area contributed by atoms with Crippen molar-refractivity contribution in [2.45, 2.75) is 19.8 Å². The van der Waals surface area contributed by atoms with Crippen molar-refractivity contribution in [3.05, 3.63) is 11.6 Å². The van der Waals surface area contributed by atoms with Crippen molar-refractivity contribution in [3.63, 3.8) is 0 Å². The maximum absolute atomic E-state index is 10.8. The predicted molar refractivity (Wildman–Crippen MR) is 42.7 cm³/mol. The number of carboxylic acid groups (broad SMARTS) is 1. The van der Waals surface area contributed by atoms with E-state index in [1.165, 1.54) is 13.0 Å². The van der Waals surface area contributed by atoms with Crippen LogP contribution in [0, 0.1) is 0 Å². The monoisotopic (exact) mass is 172 g/mol. The molecule has 0 aromatic heterocycles. The van der Waals surface area contributed by atoms with Gasteiger partial charge in [-0.15, -0.1) is 0 Å². The lowest BCUT2D eigenvalue weighted by Gasteiger charge is -1.93. The molecule has 0 aromatic carbocycles. The molecule has 0 heterocycles. The fraction of sp³-hybridized carbons (Fsp3) is 0.500. The zero-order valence-electron chi connectivity index (χ0n) is 6.91. The minimum atomic E-state index is -1.02. The molecule has 0 bridgehead atoms. The number of rotatable bonds is 5. The first kappa shape index (κ1) is 10.8. The van der Waals surface area contributed by atoms with Gasteiger partial charge in [0, 0.05) is 25.0 Å². The highest BCUT2D eigenvalue weighted by Crippen LogP contribution is 1.97. The second-order valence-corrected chi connectivity index (χ2v) is 2.41. The molecule has 0 aromatic rings. The van der Waals surface area contributed by atoms with Crippen molar-refractivity contribution in [1.82, 2.24) is 0 Å². The quantitative estimate of drug-likeness (QED) is 0.587. The van der Waals surface area contributed by atoms with E-state index in [0.29, 0.717) is 0 Å². The zero-order chi connectivity index (χ0) is 9.56. The molecule has 0 aliphatic heterocycles. The summed E-state index contributed by atoms with van der Waals surface area (Å²) < 4.78 is 0. The van der Waals surface area contributed by atoms with Gasteiger partial charge in [-0.1, -0.05) is 6.08 Å². The molecule has 0 spiro atoms. The van der Waals surface area contributed by atoms with Crippen LogP contribution in [0.4, 0.5) is 0 Å². The molecule has 0 amide bonds. The number of allylic oxidation sites excluding steroid dienone is 1.